The highest BCUT2D eigenvalue weighted by atomic mass is 16.2. The van der Waals surface area contributed by atoms with Crippen LogP contribution < -0.4 is 5.73 Å². The maximum absolute atomic E-state index is 12.5. The van der Waals surface area contributed by atoms with Crippen LogP contribution in [-0.4, -0.2) is 55.0 Å². The average Bonchev–Trinajstić information content (AvgIpc) is 2.37. The molecular weight excluding hydrogens is 226 g/mol. The van der Waals surface area contributed by atoms with Crippen molar-refractivity contribution in [2.75, 3.05) is 39.3 Å². The second kappa shape index (κ2) is 7.74. The van der Waals surface area contributed by atoms with Crippen molar-refractivity contribution < 1.29 is 4.79 Å². The highest BCUT2D eigenvalue weighted by Gasteiger charge is 2.26. The second-order valence-electron chi connectivity index (χ2n) is 5.66. The number of nitrogens with zero attached hydrogens (tertiary/aromatic N) is 2. The smallest absolute Gasteiger partial charge is 0.225 e. The molecule has 0 bridgehead atoms. The van der Waals surface area contributed by atoms with Crippen LogP contribution in [0.3, 0.4) is 0 Å². The van der Waals surface area contributed by atoms with Crippen LogP contribution in [0.2, 0.25) is 0 Å². The van der Waals surface area contributed by atoms with E-state index in [-0.39, 0.29) is 5.92 Å². The number of piperazine rings is 1. The Bertz CT molecular complexity index is 247. The van der Waals surface area contributed by atoms with Gasteiger partial charge in [-0.3, -0.25) is 4.79 Å². The monoisotopic (exact) mass is 255 g/mol. The van der Waals surface area contributed by atoms with Crippen LogP contribution in [0.4, 0.5) is 0 Å². The molecule has 1 aliphatic rings. The minimum atomic E-state index is 0.128. The van der Waals surface area contributed by atoms with Gasteiger partial charge >= 0.3 is 0 Å². The molecule has 0 radical (unpaired) electrons. The van der Waals surface area contributed by atoms with Crippen molar-refractivity contribution in [1.29, 1.82) is 0 Å². The number of rotatable bonds is 6. The molecule has 0 aromatic heterocycles. The Labute approximate surface area is 111 Å². The summed E-state index contributed by atoms with van der Waals surface area (Å²) in [4.78, 5) is 16.9. The molecule has 1 heterocycles. The van der Waals surface area contributed by atoms with Gasteiger partial charge in [0.05, 0.1) is 0 Å². The number of carbonyl (C=O) groups excluding carboxylic acids is 1. The van der Waals surface area contributed by atoms with Gasteiger partial charge in [-0.25, -0.2) is 0 Å². The summed E-state index contributed by atoms with van der Waals surface area (Å²) in [7, 11) is 0. The van der Waals surface area contributed by atoms with Crippen molar-refractivity contribution in [2.24, 2.45) is 17.6 Å². The van der Waals surface area contributed by atoms with E-state index in [0.29, 0.717) is 18.4 Å². The quantitative estimate of drug-likeness (QED) is 0.775. The maximum atomic E-state index is 12.5. The molecule has 1 amide bonds. The molecule has 0 aliphatic carbocycles. The van der Waals surface area contributed by atoms with Gasteiger partial charge in [0.1, 0.15) is 0 Å². The molecule has 1 unspecified atom stereocenters. The Morgan fingerprint density at radius 3 is 2.28 bits per heavy atom. The van der Waals surface area contributed by atoms with Crippen molar-refractivity contribution in [3.8, 4) is 0 Å². The van der Waals surface area contributed by atoms with E-state index in [9.17, 15) is 4.79 Å². The first-order valence-electron chi connectivity index (χ1n) is 7.29. The molecular formula is C14H29N3O. The molecule has 0 spiro atoms. The third-order valence-electron chi connectivity index (χ3n) is 3.75. The van der Waals surface area contributed by atoms with Gasteiger partial charge in [0.25, 0.3) is 0 Å². The Hall–Kier alpha value is -0.610. The molecule has 2 N–H and O–H groups in total. The molecule has 0 aromatic rings. The summed E-state index contributed by atoms with van der Waals surface area (Å²) in [6.45, 7) is 12.0. The second-order valence-corrected chi connectivity index (χ2v) is 5.66. The third-order valence-corrected chi connectivity index (χ3v) is 3.75. The number of hydrogen-bond donors (Lipinski definition) is 1. The Morgan fingerprint density at radius 2 is 1.83 bits per heavy atom. The minimum absolute atomic E-state index is 0.128. The summed E-state index contributed by atoms with van der Waals surface area (Å²) >= 11 is 0. The van der Waals surface area contributed by atoms with Crippen LogP contribution in [0.15, 0.2) is 0 Å². The van der Waals surface area contributed by atoms with Crippen molar-refractivity contribution in [2.45, 2.75) is 33.6 Å². The SMILES string of the molecule is CCN1CCN(C(=O)C(CCN)CC(C)C)CC1. The van der Waals surface area contributed by atoms with E-state index < -0.39 is 0 Å². The highest BCUT2D eigenvalue weighted by Crippen LogP contribution is 2.18. The zero-order chi connectivity index (χ0) is 13.5. The lowest BCUT2D eigenvalue weighted by Crippen LogP contribution is -2.50. The van der Waals surface area contributed by atoms with Gasteiger partial charge in [-0.1, -0.05) is 20.8 Å². The van der Waals surface area contributed by atoms with Crippen molar-refractivity contribution in [3.63, 3.8) is 0 Å². The lowest BCUT2D eigenvalue weighted by Gasteiger charge is -2.36. The van der Waals surface area contributed by atoms with Crippen LogP contribution in [0.5, 0.6) is 0 Å². The molecule has 0 aromatic carbocycles. The van der Waals surface area contributed by atoms with E-state index in [4.69, 9.17) is 5.73 Å². The predicted molar refractivity (Wildman–Crippen MR) is 75.3 cm³/mol. The number of carbonyl (C=O) groups is 1. The molecule has 1 aliphatic heterocycles. The zero-order valence-electron chi connectivity index (χ0n) is 12.2. The van der Waals surface area contributed by atoms with Crippen LogP contribution in [-0.2, 0) is 4.79 Å². The largest absolute Gasteiger partial charge is 0.340 e. The first-order chi connectivity index (χ1) is 8.58. The van der Waals surface area contributed by atoms with Gasteiger partial charge in [0, 0.05) is 32.1 Å². The molecule has 18 heavy (non-hydrogen) atoms. The van der Waals surface area contributed by atoms with E-state index in [2.05, 4.69) is 25.7 Å². The van der Waals surface area contributed by atoms with Crippen molar-refractivity contribution >= 4 is 5.91 Å². The number of amides is 1. The number of likely N-dealkylation sites (N-methyl/N-ethyl adjacent to an activating group) is 1. The van der Waals surface area contributed by atoms with E-state index in [1.807, 2.05) is 4.90 Å². The molecule has 1 rings (SSSR count). The summed E-state index contributed by atoms with van der Waals surface area (Å²) in [5, 5.41) is 0. The fraction of sp³-hybridized carbons (Fsp3) is 0.929. The lowest BCUT2D eigenvalue weighted by atomic mass is 9.92. The fourth-order valence-electron chi connectivity index (χ4n) is 2.66. The van der Waals surface area contributed by atoms with Crippen molar-refractivity contribution in [1.82, 2.24) is 9.80 Å². The van der Waals surface area contributed by atoms with Gasteiger partial charge in [-0.2, -0.15) is 0 Å². The van der Waals surface area contributed by atoms with Gasteiger partial charge in [-0.05, 0) is 31.8 Å². The van der Waals surface area contributed by atoms with E-state index in [0.717, 1.165) is 45.6 Å². The topological polar surface area (TPSA) is 49.6 Å². The standard InChI is InChI=1S/C14H29N3O/c1-4-16-7-9-17(10-8-16)14(18)13(5-6-15)11-12(2)3/h12-13H,4-11,15H2,1-3H3. The third kappa shape index (κ3) is 4.58. The summed E-state index contributed by atoms with van der Waals surface area (Å²) in [6, 6.07) is 0. The van der Waals surface area contributed by atoms with Gasteiger partial charge in [-0.15, -0.1) is 0 Å². The van der Waals surface area contributed by atoms with Crippen LogP contribution in [0, 0.1) is 11.8 Å². The predicted octanol–water partition coefficient (Wildman–Crippen LogP) is 1.16. The number of hydrogen-bond acceptors (Lipinski definition) is 3. The summed E-state index contributed by atoms with van der Waals surface area (Å²) in [5.41, 5.74) is 5.64. The van der Waals surface area contributed by atoms with E-state index in [1.54, 1.807) is 0 Å². The van der Waals surface area contributed by atoms with Gasteiger partial charge in [0.2, 0.25) is 5.91 Å². The minimum Gasteiger partial charge on any atom is -0.340 e. The maximum Gasteiger partial charge on any atom is 0.225 e. The first kappa shape index (κ1) is 15.4. The van der Waals surface area contributed by atoms with Crippen molar-refractivity contribution in [3.05, 3.63) is 0 Å². The fourth-order valence-corrected chi connectivity index (χ4v) is 2.66. The number of nitrogens with two attached hydrogens (primary N) is 1. The highest BCUT2D eigenvalue weighted by molar-refractivity contribution is 5.79. The molecule has 1 atom stereocenters. The molecule has 1 fully saturated rings. The lowest BCUT2D eigenvalue weighted by molar-refractivity contribution is -0.138. The Balaban J connectivity index is 2.50. The van der Waals surface area contributed by atoms with Gasteiger partial charge < -0.3 is 15.5 Å². The summed E-state index contributed by atoms with van der Waals surface area (Å²) in [6.07, 6.45) is 1.79. The van der Waals surface area contributed by atoms with Crippen LogP contribution >= 0.6 is 0 Å². The molecule has 106 valence electrons. The van der Waals surface area contributed by atoms with Gasteiger partial charge in [0.15, 0.2) is 0 Å². The summed E-state index contributed by atoms with van der Waals surface area (Å²) in [5.74, 6) is 1.01. The average molecular weight is 255 g/mol. The Kier molecular flexibility index (Phi) is 6.65. The molecule has 1 saturated heterocycles. The Morgan fingerprint density at radius 1 is 1.22 bits per heavy atom. The molecule has 0 saturated carbocycles. The molecule has 4 heteroatoms. The van der Waals surface area contributed by atoms with E-state index >= 15 is 0 Å². The first-order valence-corrected chi connectivity index (χ1v) is 7.29. The zero-order valence-corrected chi connectivity index (χ0v) is 12.2. The van der Waals surface area contributed by atoms with Crippen LogP contribution in [0.1, 0.15) is 33.6 Å². The van der Waals surface area contributed by atoms with E-state index in [1.165, 1.54) is 0 Å². The normalized spacial score (nSPS) is 19.3. The molecule has 4 nitrogen and oxygen atoms in total. The summed E-state index contributed by atoms with van der Waals surface area (Å²) < 4.78 is 0. The van der Waals surface area contributed by atoms with Crippen LogP contribution in [0.25, 0.3) is 0 Å².